The lowest BCUT2D eigenvalue weighted by Gasteiger charge is -2.39. The second-order valence-electron chi connectivity index (χ2n) is 16.2. The van der Waals surface area contributed by atoms with Crippen LogP contribution >= 0.6 is 0 Å². The molecular weight excluding hydrogens is 620 g/mol. The van der Waals surface area contributed by atoms with Crippen molar-refractivity contribution in [1.82, 2.24) is 25.8 Å². The van der Waals surface area contributed by atoms with Crippen LogP contribution in [0.25, 0.3) is 0 Å². The maximum absolute atomic E-state index is 14.5. The molecule has 0 spiro atoms. The van der Waals surface area contributed by atoms with E-state index in [4.69, 9.17) is 10.5 Å². The van der Waals surface area contributed by atoms with Gasteiger partial charge in [0.05, 0.1) is 12.1 Å². The van der Waals surface area contributed by atoms with Crippen molar-refractivity contribution < 1.29 is 38.3 Å². The van der Waals surface area contributed by atoms with Crippen molar-refractivity contribution >= 4 is 41.4 Å². The number of carbonyl (C=O) groups is 7. The number of rotatable bonds is 12. The number of nitrogens with zero attached hydrogens (tertiary/aromatic N) is 2. The summed E-state index contributed by atoms with van der Waals surface area (Å²) in [5.74, 6) is -3.72. The predicted octanol–water partition coefficient (Wildman–Crippen LogP) is 0.857. The summed E-state index contributed by atoms with van der Waals surface area (Å²) in [6, 6.07) is -4.05. The Morgan fingerprint density at radius 1 is 0.938 bits per heavy atom. The Morgan fingerprint density at radius 2 is 1.56 bits per heavy atom. The third-order valence-electron chi connectivity index (χ3n) is 11.3. The maximum Gasteiger partial charge on any atom is 0.315 e. The van der Waals surface area contributed by atoms with E-state index in [0.717, 1.165) is 49.8 Å². The molecule has 266 valence electrons. The lowest BCUT2D eigenvalue weighted by Crippen LogP contribution is -2.62. The molecule has 0 aromatic carbocycles. The molecule has 3 saturated carbocycles. The Labute approximate surface area is 282 Å². The number of hydrogen-bond donors (Lipinski definition) is 4. The number of likely N-dealkylation sites (tertiary alicyclic amines) is 1. The summed E-state index contributed by atoms with van der Waals surface area (Å²) in [7, 11) is 0. The second kappa shape index (κ2) is 13.8. The molecule has 7 amide bonds. The van der Waals surface area contributed by atoms with Gasteiger partial charge in [0.2, 0.25) is 17.6 Å². The van der Waals surface area contributed by atoms with Gasteiger partial charge >= 0.3 is 6.03 Å². The van der Waals surface area contributed by atoms with Gasteiger partial charge in [-0.3, -0.25) is 33.7 Å². The number of Topliss-reactive ketones (excluding diaryl/α,β-unsaturated/α-hetero) is 1. The fourth-order valence-corrected chi connectivity index (χ4v) is 7.97. The van der Waals surface area contributed by atoms with E-state index in [1.807, 2.05) is 20.8 Å². The zero-order valence-corrected chi connectivity index (χ0v) is 28.8. The third-order valence-corrected chi connectivity index (χ3v) is 11.3. The number of nitrogens with one attached hydrogen (secondary N) is 3. The van der Waals surface area contributed by atoms with Crippen LogP contribution in [0.5, 0.6) is 0 Å². The molecule has 2 saturated heterocycles. The molecule has 0 aromatic heterocycles. The van der Waals surface area contributed by atoms with Crippen molar-refractivity contribution in [1.29, 1.82) is 0 Å². The molecule has 5 fully saturated rings. The van der Waals surface area contributed by atoms with Crippen LogP contribution in [0.2, 0.25) is 0 Å². The molecule has 0 radical (unpaired) electrons. The fourth-order valence-electron chi connectivity index (χ4n) is 7.97. The number of hydrogen-bond acceptors (Lipinski definition) is 8. The number of primary amides is 1. The molecular formula is C34H52N6O8. The molecule has 5 aliphatic rings. The van der Waals surface area contributed by atoms with Gasteiger partial charge in [-0.05, 0) is 53.8 Å². The number of piperidine rings is 1. The molecule has 2 heterocycles. The second-order valence-corrected chi connectivity index (χ2v) is 16.2. The molecule has 6 atom stereocenters. The van der Waals surface area contributed by atoms with Crippen LogP contribution in [0.4, 0.5) is 4.79 Å². The first kappa shape index (κ1) is 35.7. The quantitative estimate of drug-likeness (QED) is 0.173. The highest BCUT2D eigenvalue weighted by Crippen LogP contribution is 2.65. The smallest absolute Gasteiger partial charge is 0.315 e. The minimum absolute atomic E-state index is 0.0428. The van der Waals surface area contributed by atoms with E-state index in [0.29, 0.717) is 13.0 Å². The lowest BCUT2D eigenvalue weighted by atomic mass is 9.83. The number of urea groups is 1. The number of imide groups is 1. The van der Waals surface area contributed by atoms with E-state index in [-0.39, 0.29) is 54.8 Å². The van der Waals surface area contributed by atoms with Gasteiger partial charge in [-0.15, -0.1) is 0 Å². The van der Waals surface area contributed by atoms with Gasteiger partial charge in [-0.25, -0.2) is 4.79 Å². The molecule has 2 aliphatic heterocycles. The van der Waals surface area contributed by atoms with Gasteiger partial charge in [0.15, 0.2) is 0 Å². The SMILES string of the molecule is CC(C)(C)[C@@H](CN1C(=O)COCC1=O)NC(=O)N[C@H](C(=O)N1C[C@H]2[C@@H]([C@H]1C(=O)NC(CC1CC1)C(=O)C(N)=O)C2(C)C)C1CCCCC1. The van der Waals surface area contributed by atoms with Gasteiger partial charge < -0.3 is 31.3 Å². The Bertz CT molecular complexity index is 1320. The highest BCUT2D eigenvalue weighted by molar-refractivity contribution is 6.37. The summed E-state index contributed by atoms with van der Waals surface area (Å²) < 4.78 is 5.03. The molecule has 0 bridgehead atoms. The first-order chi connectivity index (χ1) is 22.5. The summed E-state index contributed by atoms with van der Waals surface area (Å²) in [5, 5.41) is 8.66. The minimum atomic E-state index is -1.10. The van der Waals surface area contributed by atoms with Crippen LogP contribution in [-0.4, -0.2) is 102 Å². The van der Waals surface area contributed by atoms with E-state index in [9.17, 15) is 33.6 Å². The summed E-state index contributed by atoms with van der Waals surface area (Å²) in [4.78, 5) is 94.2. The zero-order chi connectivity index (χ0) is 35.1. The number of fused-ring (bicyclic) bond motifs is 1. The van der Waals surface area contributed by atoms with Crippen LogP contribution < -0.4 is 21.7 Å². The van der Waals surface area contributed by atoms with Crippen molar-refractivity contribution in [3.05, 3.63) is 0 Å². The minimum Gasteiger partial charge on any atom is -0.363 e. The van der Waals surface area contributed by atoms with Gasteiger partial charge in [-0.1, -0.05) is 66.7 Å². The Kier molecular flexibility index (Phi) is 10.2. The van der Waals surface area contributed by atoms with E-state index >= 15 is 0 Å². The standard InChI is InChI=1S/C34H52N6O8/c1-33(2,3)22(15-39-23(41)16-48-17-24(39)42)37-32(47)38-26(19-9-7-6-8-10-19)31(46)40-14-20-25(34(20,4)5)27(40)30(45)36-21(13-18-11-12-18)28(43)29(35)44/h18-22,25-27H,6-17H2,1-5H3,(H2,35,44)(H,36,45)(H2,37,38,47)/t20-,21?,22+,25-,26-,27-/m0/s1. The number of nitrogens with two attached hydrogens (primary N) is 1. The zero-order valence-electron chi connectivity index (χ0n) is 28.8. The first-order valence-corrected chi connectivity index (χ1v) is 17.4. The van der Waals surface area contributed by atoms with Crippen molar-refractivity contribution in [3.63, 3.8) is 0 Å². The largest absolute Gasteiger partial charge is 0.363 e. The van der Waals surface area contributed by atoms with E-state index < -0.39 is 65.0 Å². The molecule has 3 aliphatic carbocycles. The topological polar surface area (TPSA) is 197 Å². The van der Waals surface area contributed by atoms with Gasteiger partial charge in [0.25, 0.3) is 17.7 Å². The number of morpholine rings is 1. The molecule has 48 heavy (non-hydrogen) atoms. The van der Waals surface area contributed by atoms with Crippen molar-refractivity contribution in [2.75, 3.05) is 26.3 Å². The summed E-state index contributed by atoms with van der Waals surface area (Å²) in [6.45, 7) is 9.64. The average Bonchev–Trinajstić information content (AvgIpc) is 3.87. The highest BCUT2D eigenvalue weighted by atomic mass is 16.5. The molecule has 14 heteroatoms. The normalized spacial score (nSPS) is 27.4. The average molecular weight is 673 g/mol. The van der Waals surface area contributed by atoms with E-state index in [1.54, 1.807) is 4.90 Å². The third kappa shape index (κ3) is 7.68. The van der Waals surface area contributed by atoms with Crippen LogP contribution in [0.1, 0.15) is 86.0 Å². The Hall–Kier alpha value is -3.55. The molecule has 14 nitrogen and oxygen atoms in total. The first-order valence-electron chi connectivity index (χ1n) is 17.4. The molecule has 5 N–H and O–H groups in total. The molecule has 5 rings (SSSR count). The Balaban J connectivity index is 1.35. The van der Waals surface area contributed by atoms with Crippen LogP contribution in [-0.2, 0) is 33.5 Å². The molecule has 0 aromatic rings. The van der Waals surface area contributed by atoms with Crippen LogP contribution in [0.15, 0.2) is 0 Å². The Morgan fingerprint density at radius 3 is 2.12 bits per heavy atom. The predicted molar refractivity (Wildman–Crippen MR) is 173 cm³/mol. The van der Waals surface area contributed by atoms with Gasteiger partial charge in [0, 0.05) is 13.1 Å². The number of ketones is 1. The lowest BCUT2D eigenvalue weighted by molar-refractivity contribution is -0.159. The highest BCUT2D eigenvalue weighted by Gasteiger charge is 2.69. The van der Waals surface area contributed by atoms with Crippen LogP contribution in [0.3, 0.4) is 0 Å². The number of carbonyl (C=O) groups excluding carboxylic acids is 7. The fraction of sp³-hybridized carbons (Fsp3) is 0.794. The number of amides is 7. The summed E-state index contributed by atoms with van der Waals surface area (Å²) in [6.07, 6.45) is 6.46. The van der Waals surface area contributed by atoms with E-state index in [1.165, 1.54) is 0 Å². The van der Waals surface area contributed by atoms with Crippen molar-refractivity contribution in [2.24, 2.45) is 40.2 Å². The summed E-state index contributed by atoms with van der Waals surface area (Å²) in [5.41, 5.74) is 4.57. The molecule has 1 unspecified atom stereocenters. The van der Waals surface area contributed by atoms with E-state index in [2.05, 4.69) is 29.8 Å². The van der Waals surface area contributed by atoms with Gasteiger partial charge in [0.1, 0.15) is 25.3 Å². The number of ether oxygens (including phenoxy) is 1. The van der Waals surface area contributed by atoms with Crippen molar-refractivity contribution in [2.45, 2.75) is 110 Å². The van der Waals surface area contributed by atoms with Crippen molar-refractivity contribution in [3.8, 4) is 0 Å². The summed E-state index contributed by atoms with van der Waals surface area (Å²) >= 11 is 0. The van der Waals surface area contributed by atoms with Gasteiger partial charge in [-0.2, -0.15) is 0 Å². The maximum atomic E-state index is 14.5. The van der Waals surface area contributed by atoms with Crippen LogP contribution in [0, 0.1) is 34.5 Å². The monoisotopic (exact) mass is 672 g/mol.